The van der Waals surface area contributed by atoms with Crippen molar-refractivity contribution >= 4 is 5.82 Å². The van der Waals surface area contributed by atoms with Crippen LogP contribution in [-0.2, 0) is 13.5 Å². The summed E-state index contributed by atoms with van der Waals surface area (Å²) >= 11 is 0. The van der Waals surface area contributed by atoms with Crippen molar-refractivity contribution in [2.75, 3.05) is 5.73 Å². The summed E-state index contributed by atoms with van der Waals surface area (Å²) in [5, 5.41) is 14.0. The second-order valence-electron chi connectivity index (χ2n) is 3.96. The topological polar surface area (TPSA) is 64.1 Å². The Labute approximate surface area is 98.5 Å². The smallest absolute Gasteiger partial charge is 0.127 e. The van der Waals surface area contributed by atoms with Crippen molar-refractivity contribution in [1.82, 2.24) is 9.78 Å². The number of hydrogen-bond donors (Lipinski definition) is 2. The molecule has 0 bridgehead atoms. The van der Waals surface area contributed by atoms with Gasteiger partial charge in [-0.05, 0) is 17.7 Å². The summed E-state index contributed by atoms with van der Waals surface area (Å²) in [6.45, 7) is 0. The number of anilines is 1. The third kappa shape index (κ3) is 2.45. The van der Waals surface area contributed by atoms with Crippen molar-refractivity contribution in [1.29, 1.82) is 0 Å². The Bertz CT molecular complexity index is 524. The van der Waals surface area contributed by atoms with Crippen molar-refractivity contribution in [3.63, 3.8) is 0 Å². The predicted molar refractivity (Wildman–Crippen MR) is 62.7 cm³/mol. The maximum Gasteiger partial charge on any atom is 0.127 e. The Morgan fingerprint density at radius 2 is 2.29 bits per heavy atom. The zero-order valence-corrected chi connectivity index (χ0v) is 9.47. The molecule has 0 aliphatic heterocycles. The average molecular weight is 235 g/mol. The summed E-state index contributed by atoms with van der Waals surface area (Å²) in [5.41, 5.74) is 7.04. The number of aryl methyl sites for hydroxylation is 1. The first-order chi connectivity index (χ1) is 8.08. The second-order valence-corrected chi connectivity index (χ2v) is 3.96. The summed E-state index contributed by atoms with van der Waals surface area (Å²) in [6.07, 6.45) is 1.07. The molecule has 2 aromatic rings. The number of benzene rings is 1. The van der Waals surface area contributed by atoms with Gasteiger partial charge in [-0.15, -0.1) is 0 Å². The van der Waals surface area contributed by atoms with E-state index in [9.17, 15) is 9.50 Å². The van der Waals surface area contributed by atoms with Crippen LogP contribution < -0.4 is 5.73 Å². The normalized spacial score (nSPS) is 12.6. The highest BCUT2D eigenvalue weighted by atomic mass is 19.1. The standard InChI is InChI=1S/C12H14FN3O/c1-16-12(14)10(7-15-16)11(17)6-8-3-2-4-9(13)5-8/h2-5,7,11,17H,6,14H2,1H3. The molecule has 4 nitrogen and oxygen atoms in total. The van der Waals surface area contributed by atoms with Gasteiger partial charge in [0.15, 0.2) is 0 Å². The van der Waals surface area contributed by atoms with Crippen molar-refractivity contribution in [2.45, 2.75) is 12.5 Å². The zero-order valence-electron chi connectivity index (χ0n) is 9.47. The monoisotopic (exact) mass is 235 g/mol. The molecule has 0 spiro atoms. The second kappa shape index (κ2) is 4.55. The van der Waals surface area contributed by atoms with Crippen LogP contribution in [-0.4, -0.2) is 14.9 Å². The van der Waals surface area contributed by atoms with Crippen LogP contribution >= 0.6 is 0 Å². The lowest BCUT2D eigenvalue weighted by atomic mass is 10.0. The largest absolute Gasteiger partial charge is 0.388 e. The van der Waals surface area contributed by atoms with Gasteiger partial charge in [0.2, 0.25) is 0 Å². The number of halogens is 1. The van der Waals surface area contributed by atoms with E-state index >= 15 is 0 Å². The van der Waals surface area contributed by atoms with Gasteiger partial charge in [-0.1, -0.05) is 12.1 Å². The van der Waals surface area contributed by atoms with Gasteiger partial charge in [0.1, 0.15) is 11.6 Å². The number of aliphatic hydroxyl groups is 1. The minimum atomic E-state index is -0.773. The molecule has 0 fully saturated rings. The van der Waals surface area contributed by atoms with Gasteiger partial charge in [0.25, 0.3) is 0 Å². The highest BCUT2D eigenvalue weighted by Gasteiger charge is 2.15. The number of hydrogen-bond acceptors (Lipinski definition) is 3. The van der Waals surface area contributed by atoms with Gasteiger partial charge < -0.3 is 10.8 Å². The van der Waals surface area contributed by atoms with E-state index in [4.69, 9.17) is 5.73 Å². The van der Waals surface area contributed by atoms with Gasteiger partial charge >= 0.3 is 0 Å². The van der Waals surface area contributed by atoms with E-state index in [1.165, 1.54) is 23.0 Å². The van der Waals surface area contributed by atoms with Crippen molar-refractivity contribution in [3.05, 3.63) is 47.4 Å². The molecule has 1 atom stereocenters. The number of nitrogen functional groups attached to an aromatic ring is 1. The van der Waals surface area contributed by atoms with Crippen LogP contribution in [0.2, 0.25) is 0 Å². The lowest BCUT2D eigenvalue weighted by Crippen LogP contribution is -2.06. The third-order valence-electron chi connectivity index (χ3n) is 2.69. The molecular formula is C12H14FN3O. The van der Waals surface area contributed by atoms with E-state index in [1.807, 2.05) is 0 Å². The molecule has 1 aromatic heterocycles. The molecule has 1 unspecified atom stereocenters. The molecule has 0 saturated heterocycles. The first kappa shape index (κ1) is 11.6. The molecule has 0 saturated carbocycles. The molecule has 2 rings (SSSR count). The Morgan fingerprint density at radius 3 is 2.88 bits per heavy atom. The summed E-state index contributed by atoms with van der Waals surface area (Å²) in [6, 6.07) is 6.15. The SMILES string of the molecule is Cn1ncc(C(O)Cc2cccc(F)c2)c1N. The minimum Gasteiger partial charge on any atom is -0.388 e. The molecule has 5 heteroatoms. The number of aromatic nitrogens is 2. The fraction of sp³-hybridized carbons (Fsp3) is 0.250. The average Bonchev–Trinajstić information content (AvgIpc) is 2.60. The van der Waals surface area contributed by atoms with E-state index in [0.717, 1.165) is 5.56 Å². The van der Waals surface area contributed by atoms with Gasteiger partial charge in [-0.2, -0.15) is 5.10 Å². The minimum absolute atomic E-state index is 0.311. The maximum atomic E-state index is 13.0. The summed E-state index contributed by atoms with van der Waals surface area (Å²) < 4.78 is 14.5. The third-order valence-corrected chi connectivity index (χ3v) is 2.69. The van der Waals surface area contributed by atoms with Gasteiger partial charge in [-0.25, -0.2) is 4.39 Å². The molecule has 17 heavy (non-hydrogen) atoms. The molecule has 1 aromatic carbocycles. The molecule has 1 heterocycles. The lowest BCUT2D eigenvalue weighted by Gasteiger charge is -2.10. The molecule has 90 valence electrons. The van der Waals surface area contributed by atoms with Crippen molar-refractivity contribution < 1.29 is 9.50 Å². The van der Waals surface area contributed by atoms with Crippen molar-refractivity contribution in [2.24, 2.45) is 7.05 Å². The van der Waals surface area contributed by atoms with Crippen LogP contribution in [0.15, 0.2) is 30.5 Å². The van der Waals surface area contributed by atoms with Crippen LogP contribution in [0.3, 0.4) is 0 Å². The molecule has 3 N–H and O–H groups in total. The summed E-state index contributed by atoms with van der Waals surface area (Å²) in [7, 11) is 1.70. The van der Waals surface area contributed by atoms with E-state index in [0.29, 0.717) is 17.8 Å². The van der Waals surface area contributed by atoms with Crippen LogP contribution in [0.1, 0.15) is 17.2 Å². The Hall–Kier alpha value is -1.88. The molecular weight excluding hydrogens is 221 g/mol. The molecule has 0 aliphatic carbocycles. The van der Waals surface area contributed by atoms with E-state index in [2.05, 4.69) is 5.10 Å². The Balaban J connectivity index is 2.17. The summed E-state index contributed by atoms with van der Waals surface area (Å²) in [5.74, 6) is 0.114. The van der Waals surface area contributed by atoms with Crippen molar-refractivity contribution in [3.8, 4) is 0 Å². The maximum absolute atomic E-state index is 13.0. The van der Waals surface area contributed by atoms with Crippen LogP contribution in [0.4, 0.5) is 10.2 Å². The lowest BCUT2D eigenvalue weighted by molar-refractivity contribution is 0.179. The number of nitrogens with two attached hydrogens (primary N) is 1. The van der Waals surface area contributed by atoms with E-state index < -0.39 is 6.10 Å². The van der Waals surface area contributed by atoms with Crippen LogP contribution in [0, 0.1) is 5.82 Å². The fourth-order valence-corrected chi connectivity index (χ4v) is 1.72. The Morgan fingerprint density at radius 1 is 1.53 bits per heavy atom. The van der Waals surface area contributed by atoms with Crippen LogP contribution in [0.5, 0.6) is 0 Å². The van der Waals surface area contributed by atoms with E-state index in [-0.39, 0.29) is 5.82 Å². The van der Waals surface area contributed by atoms with Crippen LogP contribution in [0.25, 0.3) is 0 Å². The summed E-state index contributed by atoms with van der Waals surface area (Å²) in [4.78, 5) is 0. The highest BCUT2D eigenvalue weighted by molar-refractivity contribution is 5.40. The first-order valence-electron chi connectivity index (χ1n) is 5.28. The van der Waals surface area contributed by atoms with Gasteiger partial charge in [0.05, 0.1) is 12.3 Å². The predicted octanol–water partition coefficient (Wildman–Crippen LogP) is 1.42. The molecule has 0 amide bonds. The van der Waals surface area contributed by atoms with Gasteiger partial charge in [0, 0.05) is 19.0 Å². The molecule has 0 aliphatic rings. The zero-order chi connectivity index (χ0) is 12.4. The molecule has 0 radical (unpaired) electrons. The number of rotatable bonds is 3. The van der Waals surface area contributed by atoms with E-state index in [1.54, 1.807) is 19.2 Å². The first-order valence-corrected chi connectivity index (χ1v) is 5.28. The van der Waals surface area contributed by atoms with Gasteiger partial charge in [-0.3, -0.25) is 4.68 Å². The quantitative estimate of drug-likeness (QED) is 0.845. The Kier molecular flexibility index (Phi) is 3.10. The number of aliphatic hydroxyl groups excluding tert-OH is 1. The highest BCUT2D eigenvalue weighted by Crippen LogP contribution is 2.23. The fourth-order valence-electron chi connectivity index (χ4n) is 1.72. The number of nitrogens with zero attached hydrogens (tertiary/aromatic N) is 2.